The molecule has 0 aliphatic carbocycles. The molecule has 0 spiro atoms. The van der Waals surface area contributed by atoms with Gasteiger partial charge in [0.1, 0.15) is 5.75 Å². The van der Waals surface area contributed by atoms with Gasteiger partial charge in [-0.25, -0.2) is 0 Å². The van der Waals surface area contributed by atoms with Crippen molar-refractivity contribution >= 4 is 37.5 Å². The third-order valence-electron chi connectivity index (χ3n) is 4.12. The van der Waals surface area contributed by atoms with Gasteiger partial charge in [-0.05, 0) is 61.4 Å². The summed E-state index contributed by atoms with van der Waals surface area (Å²) in [5.41, 5.74) is 2.64. The number of amidine groups is 1. The molecule has 0 aromatic heterocycles. The van der Waals surface area contributed by atoms with Crippen LogP contribution >= 0.6 is 15.9 Å². The van der Waals surface area contributed by atoms with Crippen molar-refractivity contribution in [2.45, 2.75) is 18.7 Å². The molecule has 3 aromatic rings. The molecule has 3 rings (SSSR count). The lowest BCUT2D eigenvalue weighted by Crippen LogP contribution is -2.16. The minimum Gasteiger partial charge on any atom is -0.507 e. The molecule has 0 atom stereocenters. The Morgan fingerprint density at radius 1 is 0.964 bits per heavy atom. The van der Waals surface area contributed by atoms with Crippen molar-refractivity contribution in [1.82, 2.24) is 0 Å². The SMILES string of the molecule is Cc1cc(NC(=NS(=O)(=O)c2ccc(Br)cc2)c2ccccc2)cc(C)c1O. The van der Waals surface area contributed by atoms with Crippen LogP contribution in [0.15, 0.2) is 80.5 Å². The third kappa shape index (κ3) is 4.61. The third-order valence-corrected chi connectivity index (χ3v) is 5.94. The lowest BCUT2D eigenvalue weighted by Gasteiger charge is -2.13. The van der Waals surface area contributed by atoms with Gasteiger partial charge in [-0.15, -0.1) is 4.40 Å². The van der Waals surface area contributed by atoms with Gasteiger partial charge in [0, 0.05) is 15.7 Å². The Labute approximate surface area is 173 Å². The summed E-state index contributed by atoms with van der Waals surface area (Å²) in [6.45, 7) is 3.57. The standard InChI is InChI=1S/C21H19BrN2O3S/c1-14-12-18(13-15(2)20(14)25)23-21(16-6-4-3-5-7-16)24-28(26,27)19-10-8-17(22)9-11-19/h3-13,25H,1-2H3,(H,23,24). The number of phenolic OH excluding ortho intramolecular Hbond substituents is 1. The van der Waals surface area contributed by atoms with Crippen molar-refractivity contribution in [2.75, 3.05) is 5.32 Å². The number of rotatable bonds is 4. The highest BCUT2D eigenvalue weighted by atomic mass is 79.9. The summed E-state index contributed by atoms with van der Waals surface area (Å²) in [4.78, 5) is 0.101. The second kappa shape index (κ2) is 8.16. The maximum atomic E-state index is 12.8. The fourth-order valence-corrected chi connectivity index (χ4v) is 3.93. The first-order chi connectivity index (χ1) is 13.3. The Morgan fingerprint density at radius 3 is 2.11 bits per heavy atom. The lowest BCUT2D eigenvalue weighted by atomic mass is 10.1. The molecule has 0 bridgehead atoms. The minimum atomic E-state index is -3.92. The molecule has 2 N–H and O–H groups in total. The van der Waals surface area contributed by atoms with E-state index in [1.165, 1.54) is 12.1 Å². The van der Waals surface area contributed by atoms with Gasteiger partial charge in [0.05, 0.1) is 4.90 Å². The van der Waals surface area contributed by atoms with Crippen LogP contribution in [-0.2, 0) is 10.0 Å². The van der Waals surface area contributed by atoms with Gasteiger partial charge in [-0.3, -0.25) is 0 Å². The molecule has 3 aromatic carbocycles. The first kappa shape index (κ1) is 20.1. The number of hydrogen-bond donors (Lipinski definition) is 2. The summed E-state index contributed by atoms with van der Waals surface area (Å²) in [5, 5.41) is 13.1. The summed E-state index contributed by atoms with van der Waals surface area (Å²) in [5.74, 6) is 0.416. The molecule has 0 saturated heterocycles. The van der Waals surface area contributed by atoms with Crippen molar-refractivity contribution in [2.24, 2.45) is 4.40 Å². The smallest absolute Gasteiger partial charge is 0.284 e. The number of benzene rings is 3. The number of sulfonamides is 1. The van der Waals surface area contributed by atoms with Crippen LogP contribution in [0.5, 0.6) is 5.75 Å². The number of aryl methyl sites for hydroxylation is 2. The Hall–Kier alpha value is -2.64. The molecule has 0 unspecified atom stereocenters. The first-order valence-electron chi connectivity index (χ1n) is 8.49. The summed E-state index contributed by atoms with van der Waals surface area (Å²) in [7, 11) is -3.92. The molecule has 0 fully saturated rings. The van der Waals surface area contributed by atoms with Crippen molar-refractivity contribution in [1.29, 1.82) is 0 Å². The summed E-state index contributed by atoms with van der Waals surface area (Å²) < 4.78 is 30.5. The van der Waals surface area contributed by atoms with Crippen molar-refractivity contribution in [3.8, 4) is 5.75 Å². The number of aromatic hydroxyl groups is 1. The van der Waals surface area contributed by atoms with E-state index < -0.39 is 10.0 Å². The number of halogens is 1. The Bertz CT molecular complexity index is 1100. The molecular weight excluding hydrogens is 440 g/mol. The molecule has 0 saturated carbocycles. The molecule has 0 aliphatic heterocycles. The van der Waals surface area contributed by atoms with E-state index >= 15 is 0 Å². The normalized spacial score (nSPS) is 12.0. The van der Waals surface area contributed by atoms with Crippen LogP contribution in [0.25, 0.3) is 0 Å². The quantitative estimate of drug-likeness (QED) is 0.326. The predicted molar refractivity (Wildman–Crippen MR) is 116 cm³/mol. The van der Waals surface area contributed by atoms with E-state index in [1.807, 2.05) is 18.2 Å². The molecule has 7 heteroatoms. The van der Waals surface area contributed by atoms with E-state index in [-0.39, 0.29) is 16.5 Å². The fourth-order valence-electron chi connectivity index (χ4n) is 2.69. The topological polar surface area (TPSA) is 78.8 Å². The van der Waals surface area contributed by atoms with E-state index in [9.17, 15) is 13.5 Å². The highest BCUT2D eigenvalue weighted by Crippen LogP contribution is 2.26. The minimum absolute atomic E-state index is 0.101. The number of nitrogens with zero attached hydrogens (tertiary/aromatic N) is 1. The summed E-state index contributed by atoms with van der Waals surface area (Å²) in [6.07, 6.45) is 0. The van der Waals surface area contributed by atoms with E-state index in [0.717, 1.165) is 4.47 Å². The number of nitrogens with one attached hydrogen (secondary N) is 1. The molecule has 0 aliphatic rings. The Morgan fingerprint density at radius 2 is 1.54 bits per heavy atom. The monoisotopic (exact) mass is 458 g/mol. The molecular formula is C21H19BrN2O3S. The van der Waals surface area contributed by atoms with Gasteiger partial charge in [0.15, 0.2) is 5.84 Å². The van der Waals surface area contributed by atoms with Crippen LogP contribution in [0.3, 0.4) is 0 Å². The zero-order valence-corrected chi connectivity index (χ0v) is 17.8. The van der Waals surface area contributed by atoms with Gasteiger partial charge in [-0.1, -0.05) is 46.3 Å². The molecule has 0 amide bonds. The van der Waals surface area contributed by atoms with Gasteiger partial charge >= 0.3 is 0 Å². The van der Waals surface area contributed by atoms with Crippen LogP contribution in [0.1, 0.15) is 16.7 Å². The van der Waals surface area contributed by atoms with Gasteiger partial charge in [0.25, 0.3) is 10.0 Å². The second-order valence-electron chi connectivity index (χ2n) is 6.32. The van der Waals surface area contributed by atoms with Gasteiger partial charge < -0.3 is 10.4 Å². The van der Waals surface area contributed by atoms with Crippen LogP contribution in [0.4, 0.5) is 5.69 Å². The number of anilines is 1. The highest BCUT2D eigenvalue weighted by molar-refractivity contribution is 9.10. The number of hydrogen-bond acceptors (Lipinski definition) is 3. The van der Waals surface area contributed by atoms with E-state index in [2.05, 4.69) is 25.6 Å². The maximum absolute atomic E-state index is 12.8. The van der Waals surface area contributed by atoms with Crippen molar-refractivity contribution in [3.63, 3.8) is 0 Å². The van der Waals surface area contributed by atoms with E-state index in [0.29, 0.717) is 22.4 Å². The van der Waals surface area contributed by atoms with Crippen LogP contribution in [0, 0.1) is 13.8 Å². The van der Waals surface area contributed by atoms with Crippen molar-refractivity contribution in [3.05, 3.63) is 87.9 Å². The van der Waals surface area contributed by atoms with Crippen LogP contribution in [-0.4, -0.2) is 19.4 Å². The predicted octanol–water partition coefficient (Wildman–Crippen LogP) is 5.02. The number of phenols is 1. The summed E-state index contributed by atoms with van der Waals surface area (Å²) in [6, 6.07) is 18.8. The second-order valence-corrected chi connectivity index (χ2v) is 8.84. The Balaban J connectivity index is 2.07. The average molecular weight is 459 g/mol. The molecule has 0 radical (unpaired) electrons. The van der Waals surface area contributed by atoms with Gasteiger partial charge in [-0.2, -0.15) is 8.42 Å². The van der Waals surface area contributed by atoms with Gasteiger partial charge in [0.2, 0.25) is 0 Å². The Kier molecular flexibility index (Phi) is 5.86. The average Bonchev–Trinajstić information content (AvgIpc) is 2.66. The zero-order chi connectivity index (χ0) is 20.3. The molecule has 5 nitrogen and oxygen atoms in total. The molecule has 0 heterocycles. The lowest BCUT2D eigenvalue weighted by molar-refractivity contribution is 0.467. The van der Waals surface area contributed by atoms with Crippen LogP contribution < -0.4 is 5.32 Å². The largest absolute Gasteiger partial charge is 0.507 e. The zero-order valence-electron chi connectivity index (χ0n) is 15.3. The van der Waals surface area contributed by atoms with E-state index in [1.54, 1.807) is 50.2 Å². The van der Waals surface area contributed by atoms with E-state index in [4.69, 9.17) is 0 Å². The summed E-state index contributed by atoms with van der Waals surface area (Å²) >= 11 is 3.30. The van der Waals surface area contributed by atoms with Crippen molar-refractivity contribution < 1.29 is 13.5 Å². The maximum Gasteiger partial charge on any atom is 0.284 e. The fraction of sp³-hybridized carbons (Fsp3) is 0.0952. The first-order valence-corrected chi connectivity index (χ1v) is 10.7. The highest BCUT2D eigenvalue weighted by Gasteiger charge is 2.16. The van der Waals surface area contributed by atoms with Crippen LogP contribution in [0.2, 0.25) is 0 Å². The molecule has 28 heavy (non-hydrogen) atoms. The molecule has 144 valence electrons.